The number of likely N-dealkylation sites (tertiary alicyclic amines) is 1. The number of nitrogens with zero attached hydrogens (tertiary/aromatic N) is 2. The minimum atomic E-state index is -0.286. The number of quaternary nitrogens is 1. The van der Waals surface area contributed by atoms with Gasteiger partial charge in [-0.25, -0.2) is 9.18 Å². The zero-order valence-corrected chi connectivity index (χ0v) is 18.3. The standard InChI is InChI=1S/C25H30FN2O3/c1-18-14-21(26)15-19(2)24(18)27-11-10-22(25(27)30)28(12-6-7-13-28)16-23(29)31-17-20-8-4-3-5-9-20/h3-5,8-9,14-15,22H,6-7,10-13,16-17H2,1-2H3/q+1. The van der Waals surface area contributed by atoms with E-state index in [9.17, 15) is 14.0 Å². The van der Waals surface area contributed by atoms with Gasteiger partial charge in [0, 0.05) is 31.5 Å². The first-order valence-corrected chi connectivity index (χ1v) is 11.0. The number of amides is 1. The van der Waals surface area contributed by atoms with Gasteiger partial charge in [-0.05, 0) is 42.7 Å². The van der Waals surface area contributed by atoms with E-state index in [-0.39, 0.29) is 36.9 Å². The monoisotopic (exact) mass is 425 g/mol. The maximum Gasteiger partial charge on any atom is 0.362 e. The van der Waals surface area contributed by atoms with Crippen LogP contribution in [0.15, 0.2) is 42.5 Å². The summed E-state index contributed by atoms with van der Waals surface area (Å²) in [6.45, 7) is 6.37. The Labute approximate surface area is 183 Å². The molecule has 2 aliphatic rings. The quantitative estimate of drug-likeness (QED) is 0.521. The van der Waals surface area contributed by atoms with Crippen molar-refractivity contribution in [2.45, 2.75) is 45.8 Å². The van der Waals surface area contributed by atoms with Gasteiger partial charge in [0.2, 0.25) is 0 Å². The Kier molecular flexibility index (Phi) is 6.10. The van der Waals surface area contributed by atoms with E-state index in [0.717, 1.165) is 48.3 Å². The molecule has 2 fully saturated rings. The van der Waals surface area contributed by atoms with Crippen molar-refractivity contribution in [1.29, 1.82) is 0 Å². The van der Waals surface area contributed by atoms with Gasteiger partial charge in [-0.1, -0.05) is 30.3 Å². The third kappa shape index (κ3) is 4.35. The maximum atomic E-state index is 13.8. The van der Waals surface area contributed by atoms with Crippen LogP contribution in [0.1, 0.15) is 36.0 Å². The van der Waals surface area contributed by atoms with Gasteiger partial charge in [0.1, 0.15) is 12.4 Å². The summed E-state index contributed by atoms with van der Waals surface area (Å²) in [5.41, 5.74) is 3.29. The van der Waals surface area contributed by atoms with Crippen LogP contribution in [0.5, 0.6) is 0 Å². The fourth-order valence-corrected chi connectivity index (χ4v) is 5.31. The number of halogens is 1. The van der Waals surface area contributed by atoms with E-state index in [0.29, 0.717) is 17.4 Å². The third-order valence-electron chi connectivity index (χ3n) is 6.71. The van der Waals surface area contributed by atoms with Gasteiger partial charge < -0.3 is 14.1 Å². The highest BCUT2D eigenvalue weighted by Gasteiger charge is 2.51. The molecule has 31 heavy (non-hydrogen) atoms. The van der Waals surface area contributed by atoms with E-state index < -0.39 is 0 Å². The van der Waals surface area contributed by atoms with Gasteiger partial charge in [-0.3, -0.25) is 4.79 Å². The number of carbonyl (C=O) groups is 2. The van der Waals surface area contributed by atoms with Crippen molar-refractivity contribution in [2.24, 2.45) is 0 Å². The summed E-state index contributed by atoms with van der Waals surface area (Å²) in [7, 11) is 0. The van der Waals surface area contributed by atoms with Crippen molar-refractivity contribution in [3.05, 3.63) is 65.0 Å². The number of carbonyl (C=O) groups excluding carboxylic acids is 2. The molecule has 6 heteroatoms. The maximum absolute atomic E-state index is 13.8. The van der Waals surface area contributed by atoms with Crippen LogP contribution < -0.4 is 4.90 Å². The zero-order valence-electron chi connectivity index (χ0n) is 18.3. The largest absolute Gasteiger partial charge is 0.457 e. The van der Waals surface area contributed by atoms with Gasteiger partial charge in [-0.2, -0.15) is 0 Å². The van der Waals surface area contributed by atoms with Crippen molar-refractivity contribution < 1.29 is 23.2 Å². The zero-order chi connectivity index (χ0) is 22.0. The number of anilines is 1. The van der Waals surface area contributed by atoms with Crippen molar-refractivity contribution >= 4 is 17.6 Å². The molecular weight excluding hydrogens is 395 g/mol. The summed E-state index contributed by atoms with van der Waals surface area (Å²) in [5.74, 6) is -0.507. The second-order valence-electron chi connectivity index (χ2n) is 8.86. The second kappa shape index (κ2) is 8.79. The van der Waals surface area contributed by atoms with E-state index in [4.69, 9.17) is 4.74 Å². The lowest BCUT2D eigenvalue weighted by Crippen LogP contribution is -2.59. The van der Waals surface area contributed by atoms with Crippen LogP contribution >= 0.6 is 0 Å². The molecule has 1 atom stereocenters. The fraction of sp³-hybridized carbons (Fsp3) is 0.440. The van der Waals surface area contributed by atoms with E-state index in [1.807, 2.05) is 44.2 Å². The van der Waals surface area contributed by atoms with Crippen LogP contribution in [-0.2, 0) is 20.9 Å². The third-order valence-corrected chi connectivity index (χ3v) is 6.71. The average Bonchev–Trinajstić information content (AvgIpc) is 3.34. The number of ether oxygens (including phenoxy) is 1. The molecule has 0 aliphatic carbocycles. The topological polar surface area (TPSA) is 46.6 Å². The molecule has 2 heterocycles. The van der Waals surface area contributed by atoms with Crippen molar-refractivity contribution in [3.8, 4) is 0 Å². The molecule has 1 amide bonds. The lowest BCUT2D eigenvalue weighted by Gasteiger charge is -2.37. The van der Waals surface area contributed by atoms with Crippen LogP contribution in [0.4, 0.5) is 10.1 Å². The first kappa shape index (κ1) is 21.5. The Bertz CT molecular complexity index is 947. The predicted molar refractivity (Wildman–Crippen MR) is 117 cm³/mol. The van der Waals surface area contributed by atoms with Crippen LogP contribution in [0, 0.1) is 19.7 Å². The van der Waals surface area contributed by atoms with Crippen molar-refractivity contribution in [1.82, 2.24) is 0 Å². The summed E-state index contributed by atoms with van der Waals surface area (Å²) < 4.78 is 19.8. The molecule has 1 unspecified atom stereocenters. The number of hydrogen-bond acceptors (Lipinski definition) is 3. The Morgan fingerprint density at radius 3 is 2.42 bits per heavy atom. The molecule has 0 aromatic heterocycles. The Balaban J connectivity index is 1.49. The van der Waals surface area contributed by atoms with Crippen LogP contribution in [0.25, 0.3) is 0 Å². The molecule has 0 N–H and O–H groups in total. The smallest absolute Gasteiger partial charge is 0.362 e. The lowest BCUT2D eigenvalue weighted by molar-refractivity contribution is -0.924. The van der Waals surface area contributed by atoms with Crippen molar-refractivity contribution in [2.75, 3.05) is 31.1 Å². The van der Waals surface area contributed by atoms with Crippen LogP contribution in [0.3, 0.4) is 0 Å². The Hall–Kier alpha value is -2.73. The van der Waals surface area contributed by atoms with E-state index in [1.54, 1.807) is 4.90 Å². The summed E-state index contributed by atoms with van der Waals surface area (Å²) in [6.07, 6.45) is 2.70. The van der Waals surface area contributed by atoms with Gasteiger partial charge in [0.05, 0.1) is 13.1 Å². The predicted octanol–water partition coefficient (Wildman–Crippen LogP) is 3.90. The number of rotatable bonds is 6. The van der Waals surface area contributed by atoms with E-state index in [2.05, 4.69) is 0 Å². The Morgan fingerprint density at radius 1 is 1.13 bits per heavy atom. The SMILES string of the molecule is Cc1cc(F)cc(C)c1N1CCC([N+]2(CC(=O)OCc3ccccc3)CCCC2)C1=O. The van der Waals surface area contributed by atoms with Gasteiger partial charge in [0.15, 0.2) is 12.6 Å². The molecular formula is C25H30FN2O3+. The number of aryl methyl sites for hydroxylation is 2. The van der Waals surface area contributed by atoms with Crippen molar-refractivity contribution in [3.63, 3.8) is 0 Å². The van der Waals surface area contributed by atoms with Crippen LogP contribution in [0.2, 0.25) is 0 Å². The van der Waals surface area contributed by atoms with E-state index in [1.165, 1.54) is 12.1 Å². The molecule has 2 aliphatic heterocycles. The molecule has 0 saturated carbocycles. The summed E-state index contributed by atoms with van der Waals surface area (Å²) in [4.78, 5) is 28.0. The average molecular weight is 426 g/mol. The van der Waals surface area contributed by atoms with E-state index >= 15 is 0 Å². The second-order valence-corrected chi connectivity index (χ2v) is 8.86. The molecule has 0 bridgehead atoms. The molecule has 2 aromatic rings. The molecule has 0 spiro atoms. The number of hydrogen-bond donors (Lipinski definition) is 0. The molecule has 4 rings (SSSR count). The minimum Gasteiger partial charge on any atom is -0.457 e. The van der Waals surface area contributed by atoms with Gasteiger partial charge >= 0.3 is 5.97 Å². The highest BCUT2D eigenvalue weighted by molar-refractivity contribution is 6.00. The lowest BCUT2D eigenvalue weighted by atomic mass is 10.1. The highest BCUT2D eigenvalue weighted by atomic mass is 19.1. The summed E-state index contributed by atoms with van der Waals surface area (Å²) in [6, 6.07) is 12.3. The first-order valence-electron chi connectivity index (χ1n) is 11.0. The fourth-order valence-electron chi connectivity index (χ4n) is 5.31. The number of esters is 1. The number of benzene rings is 2. The molecule has 2 saturated heterocycles. The summed E-state index contributed by atoms with van der Waals surface area (Å²) >= 11 is 0. The molecule has 0 radical (unpaired) electrons. The van der Waals surface area contributed by atoms with Gasteiger partial charge in [0.25, 0.3) is 5.91 Å². The summed E-state index contributed by atoms with van der Waals surface area (Å²) in [5, 5.41) is 0. The molecule has 5 nitrogen and oxygen atoms in total. The van der Waals surface area contributed by atoms with Crippen LogP contribution in [-0.4, -0.2) is 48.6 Å². The first-order chi connectivity index (χ1) is 14.9. The minimum absolute atomic E-state index is 0.0376. The highest BCUT2D eigenvalue weighted by Crippen LogP contribution is 2.35. The van der Waals surface area contributed by atoms with Gasteiger partial charge in [-0.15, -0.1) is 0 Å². The normalized spacial score (nSPS) is 20.3. The Morgan fingerprint density at radius 2 is 1.77 bits per heavy atom. The molecule has 2 aromatic carbocycles. The molecule has 164 valence electrons.